The van der Waals surface area contributed by atoms with Crippen molar-refractivity contribution in [2.24, 2.45) is 0 Å². The van der Waals surface area contributed by atoms with Gasteiger partial charge in [-0.25, -0.2) is 19.9 Å². The van der Waals surface area contributed by atoms with E-state index >= 15 is 0 Å². The summed E-state index contributed by atoms with van der Waals surface area (Å²) in [6.07, 6.45) is 16.4. The summed E-state index contributed by atoms with van der Waals surface area (Å²) in [7, 11) is 0. The Bertz CT molecular complexity index is 2700. The highest BCUT2D eigenvalue weighted by Crippen LogP contribution is 2.35. The number of nitrogens with one attached hydrogen (secondary N) is 4. The van der Waals surface area contributed by atoms with Gasteiger partial charge in [0.1, 0.15) is 0 Å². The van der Waals surface area contributed by atoms with E-state index in [0.717, 1.165) is 111 Å². The van der Waals surface area contributed by atoms with Gasteiger partial charge in [0.25, 0.3) is 0 Å². The predicted molar refractivity (Wildman–Crippen MR) is 206 cm³/mol. The third-order valence-corrected chi connectivity index (χ3v) is 9.43. The number of fused-ring (bicyclic) bond motifs is 22. The summed E-state index contributed by atoms with van der Waals surface area (Å²) >= 11 is 0. The van der Waals surface area contributed by atoms with Crippen LogP contribution in [0.15, 0.2) is 84.9 Å². The Morgan fingerprint density at radius 3 is 0.760 bits per heavy atom. The zero-order valence-corrected chi connectivity index (χ0v) is 26.5. The SMILES string of the molecule is C1=Cc2cc3[nH]c(cc4nc(cc5ccc(cc1n2)[nH]5)C=C4)c1cc2c4cc5nc(cc6ccc(cc7nc(cc([nH]4)c2cc31)C=C7)[nH]6)C=C5. The van der Waals surface area contributed by atoms with Crippen molar-refractivity contribution in [3.8, 4) is 0 Å². The van der Waals surface area contributed by atoms with E-state index in [-0.39, 0.29) is 0 Å². The average Bonchev–Trinajstić information content (AvgIpc) is 3.95. The highest BCUT2D eigenvalue weighted by molar-refractivity contribution is 6.19. The molecule has 4 aliphatic heterocycles. The van der Waals surface area contributed by atoms with Gasteiger partial charge in [-0.1, -0.05) is 0 Å². The Hall–Kier alpha value is -7.06. The number of benzene rings is 1. The van der Waals surface area contributed by atoms with Gasteiger partial charge in [0.15, 0.2) is 0 Å². The van der Waals surface area contributed by atoms with Gasteiger partial charge in [0.05, 0.1) is 45.6 Å². The topological polar surface area (TPSA) is 115 Å². The van der Waals surface area contributed by atoms with Crippen molar-refractivity contribution in [1.29, 1.82) is 0 Å². The molecule has 234 valence electrons. The van der Waals surface area contributed by atoms with Crippen LogP contribution in [0.25, 0.3) is 114 Å². The molecular weight excluding hydrogens is 617 g/mol. The van der Waals surface area contributed by atoms with Crippen molar-refractivity contribution < 1.29 is 0 Å². The molecule has 0 aliphatic carbocycles. The minimum absolute atomic E-state index is 0.881. The predicted octanol–water partition coefficient (Wildman–Crippen LogP) is 9.93. The monoisotopic (exact) mass is 642 g/mol. The molecule has 16 bridgehead atoms. The van der Waals surface area contributed by atoms with Crippen LogP contribution >= 0.6 is 0 Å². The number of rotatable bonds is 0. The van der Waals surface area contributed by atoms with Crippen LogP contribution in [-0.4, -0.2) is 39.9 Å². The minimum Gasteiger partial charge on any atom is -0.355 e. The molecule has 8 nitrogen and oxygen atoms in total. The van der Waals surface area contributed by atoms with E-state index in [2.05, 4.69) is 129 Å². The first-order valence-corrected chi connectivity index (χ1v) is 16.5. The second kappa shape index (κ2) is 10.2. The van der Waals surface area contributed by atoms with Gasteiger partial charge < -0.3 is 19.9 Å². The van der Waals surface area contributed by atoms with E-state index in [9.17, 15) is 0 Å². The molecule has 7 aromatic rings. The van der Waals surface area contributed by atoms with Crippen molar-refractivity contribution in [2.75, 3.05) is 0 Å². The van der Waals surface area contributed by atoms with Crippen LogP contribution in [0.5, 0.6) is 0 Å². The lowest BCUT2D eigenvalue weighted by molar-refractivity contribution is 1.31. The number of H-pyrrole nitrogens is 4. The Labute approximate surface area is 284 Å². The largest absolute Gasteiger partial charge is 0.355 e. The van der Waals surface area contributed by atoms with Gasteiger partial charge in [0, 0.05) is 65.7 Å². The summed E-state index contributed by atoms with van der Waals surface area (Å²) in [6.45, 7) is 0. The normalized spacial score (nSPS) is 13.3. The van der Waals surface area contributed by atoms with Crippen molar-refractivity contribution in [3.63, 3.8) is 0 Å². The standard InChI is InChI=1S/C42H26N8/c1-2-24-14-28-6-10-32(46-28)18-40-36-22-38-37(21-35(36)39(49-40)17-31-9-5-27(45-31)13-23(1)43-24)41-19-33-11-7-29(47-33)15-25-3-4-26(44-25)16-30-8-12-34(48-30)20-42(38)50-41/h1-22,43-44,49-50H. The van der Waals surface area contributed by atoms with Crippen LogP contribution in [0.1, 0.15) is 45.6 Å². The first kappa shape index (κ1) is 26.9. The summed E-state index contributed by atoms with van der Waals surface area (Å²) in [5.41, 5.74) is 15.0. The summed E-state index contributed by atoms with van der Waals surface area (Å²) in [5, 5.41) is 4.37. The second-order valence-corrected chi connectivity index (χ2v) is 12.9. The smallest absolute Gasteiger partial charge is 0.0658 e. The van der Waals surface area contributed by atoms with Gasteiger partial charge in [-0.3, -0.25) is 0 Å². The van der Waals surface area contributed by atoms with Crippen molar-refractivity contribution in [1.82, 2.24) is 39.9 Å². The van der Waals surface area contributed by atoms with Gasteiger partial charge in [-0.15, -0.1) is 0 Å². The number of hydrogen-bond donors (Lipinski definition) is 4. The highest BCUT2D eigenvalue weighted by Gasteiger charge is 2.13. The lowest BCUT2D eigenvalue weighted by Crippen LogP contribution is -1.75. The number of aromatic nitrogens is 8. The van der Waals surface area contributed by atoms with Gasteiger partial charge in [0.2, 0.25) is 0 Å². The van der Waals surface area contributed by atoms with Crippen molar-refractivity contribution in [3.05, 3.63) is 130 Å². The number of hydrogen-bond acceptors (Lipinski definition) is 4. The molecule has 1 aromatic carbocycles. The van der Waals surface area contributed by atoms with Crippen molar-refractivity contribution in [2.45, 2.75) is 0 Å². The molecule has 6 aromatic heterocycles. The molecule has 0 unspecified atom stereocenters. The molecule has 0 saturated heterocycles. The molecule has 0 spiro atoms. The Morgan fingerprint density at radius 1 is 0.260 bits per heavy atom. The highest BCUT2D eigenvalue weighted by atomic mass is 14.8. The molecule has 11 rings (SSSR count). The zero-order valence-electron chi connectivity index (χ0n) is 26.5. The Balaban J connectivity index is 1.25. The second-order valence-electron chi connectivity index (χ2n) is 12.9. The van der Waals surface area contributed by atoms with E-state index in [4.69, 9.17) is 19.9 Å². The third-order valence-electron chi connectivity index (χ3n) is 9.43. The van der Waals surface area contributed by atoms with E-state index in [1.807, 2.05) is 24.3 Å². The lowest BCUT2D eigenvalue weighted by Gasteiger charge is -1.95. The quantitative estimate of drug-likeness (QED) is 0.132. The molecule has 50 heavy (non-hydrogen) atoms. The van der Waals surface area contributed by atoms with Gasteiger partial charge in [-0.05, 0) is 134 Å². The number of aromatic amines is 4. The summed E-state index contributed by atoms with van der Waals surface area (Å²) in [5.74, 6) is 0. The molecule has 0 atom stereocenters. The van der Waals surface area contributed by atoms with Crippen LogP contribution in [0.2, 0.25) is 0 Å². The van der Waals surface area contributed by atoms with Gasteiger partial charge >= 0.3 is 0 Å². The molecule has 0 radical (unpaired) electrons. The van der Waals surface area contributed by atoms with Crippen LogP contribution in [-0.2, 0) is 0 Å². The fourth-order valence-electron chi connectivity index (χ4n) is 7.15. The van der Waals surface area contributed by atoms with Crippen LogP contribution in [0.3, 0.4) is 0 Å². The first-order chi connectivity index (χ1) is 24.6. The molecule has 4 aliphatic rings. The summed E-state index contributed by atoms with van der Waals surface area (Å²) < 4.78 is 0. The number of nitrogens with zero attached hydrogens (tertiary/aromatic N) is 4. The summed E-state index contributed by atoms with van der Waals surface area (Å²) in [4.78, 5) is 34.1. The molecular formula is C42H26N8. The first-order valence-electron chi connectivity index (χ1n) is 16.5. The molecule has 0 amide bonds. The molecule has 4 N–H and O–H groups in total. The van der Waals surface area contributed by atoms with Crippen LogP contribution < -0.4 is 0 Å². The maximum atomic E-state index is 4.92. The molecule has 0 fully saturated rings. The van der Waals surface area contributed by atoms with E-state index in [0.29, 0.717) is 0 Å². The van der Waals surface area contributed by atoms with Gasteiger partial charge in [-0.2, -0.15) is 0 Å². The molecule has 0 saturated carbocycles. The average molecular weight is 643 g/mol. The minimum atomic E-state index is 0.881. The maximum Gasteiger partial charge on any atom is 0.0658 e. The van der Waals surface area contributed by atoms with E-state index < -0.39 is 0 Å². The lowest BCUT2D eigenvalue weighted by atomic mass is 10.1. The molecule has 10 heterocycles. The maximum absolute atomic E-state index is 4.92. The van der Waals surface area contributed by atoms with Crippen molar-refractivity contribution >= 4 is 114 Å². The molecule has 8 heteroatoms. The summed E-state index contributed by atoms with van der Waals surface area (Å²) in [6, 6.07) is 29.5. The fraction of sp³-hybridized carbons (Fsp3) is 0. The fourth-order valence-corrected chi connectivity index (χ4v) is 7.15. The third kappa shape index (κ3) is 4.62. The van der Waals surface area contributed by atoms with E-state index in [1.165, 1.54) is 0 Å². The zero-order chi connectivity index (χ0) is 32.8. The van der Waals surface area contributed by atoms with E-state index in [1.54, 1.807) is 0 Å². The van der Waals surface area contributed by atoms with Crippen LogP contribution in [0, 0.1) is 0 Å². The Morgan fingerprint density at radius 2 is 0.500 bits per heavy atom. The Kier molecular flexibility index (Phi) is 5.51. The van der Waals surface area contributed by atoms with Crippen LogP contribution in [0.4, 0.5) is 0 Å².